The number of hydrogen-bond donors (Lipinski definition) is 5. The number of rotatable bonds is 13. The molecule has 0 aromatic rings. The fourth-order valence-electron chi connectivity index (χ4n) is 1.14. The first-order valence-corrected chi connectivity index (χ1v) is 6.60. The summed E-state index contributed by atoms with van der Waals surface area (Å²) in [5, 5.41) is 69.1. The summed E-state index contributed by atoms with van der Waals surface area (Å²) in [5.74, 6) is 0. The monoisotopic (exact) mass is 425 g/mol. The fraction of sp³-hybridized carbons (Fsp3) is 0.889. The zero-order chi connectivity index (χ0) is 21.6. The molecule has 0 heterocycles. The van der Waals surface area contributed by atoms with E-state index in [0.717, 1.165) is 0 Å². The predicted octanol–water partition coefficient (Wildman–Crippen LogP) is -5.22. The van der Waals surface area contributed by atoms with E-state index < -0.39 is 65.6 Å². The van der Waals surface area contributed by atoms with E-state index >= 15 is 0 Å². The maximum Gasteiger partial charge on any atom is 0.294 e. The van der Waals surface area contributed by atoms with Crippen LogP contribution in [0.4, 0.5) is 0 Å². The van der Waals surface area contributed by atoms with Crippen LogP contribution in [0, 0.1) is 30.3 Å². The van der Waals surface area contributed by atoms with Gasteiger partial charge in [-0.15, -0.1) is 30.3 Å². The highest BCUT2D eigenvalue weighted by atomic mass is 17.0. The Hall–Kier alpha value is -2.97. The predicted molar refractivity (Wildman–Crippen MR) is 78.6 cm³/mol. The van der Waals surface area contributed by atoms with Crippen LogP contribution in [0.5, 0.6) is 0 Å². The molecule has 28 heavy (non-hydrogen) atoms. The summed E-state index contributed by atoms with van der Waals surface area (Å²) in [5.41, 5.74) is 0. The van der Waals surface area contributed by atoms with Gasteiger partial charge in [-0.1, -0.05) is 0 Å². The van der Waals surface area contributed by atoms with Crippen molar-refractivity contribution in [3.8, 4) is 0 Å². The zero-order valence-electron chi connectivity index (χ0n) is 13.7. The van der Waals surface area contributed by atoms with E-state index in [1.54, 1.807) is 0 Å². The van der Waals surface area contributed by atoms with E-state index in [9.17, 15) is 35.1 Å². The molecule has 0 aromatic carbocycles. The molecule has 0 amide bonds. The van der Waals surface area contributed by atoms with Crippen LogP contribution in [0.25, 0.3) is 0 Å². The fourth-order valence-corrected chi connectivity index (χ4v) is 1.14. The van der Waals surface area contributed by atoms with E-state index in [1.807, 2.05) is 0 Å². The van der Waals surface area contributed by atoms with Crippen molar-refractivity contribution in [1.29, 1.82) is 0 Å². The molecule has 0 aromatic heterocycles. The van der Waals surface area contributed by atoms with Crippen molar-refractivity contribution in [2.75, 3.05) is 19.8 Å². The van der Waals surface area contributed by atoms with Crippen LogP contribution < -0.4 is 0 Å². The average molecular weight is 425 g/mol. The summed E-state index contributed by atoms with van der Waals surface area (Å²) in [6.07, 6.45) is -8.38. The zero-order valence-corrected chi connectivity index (χ0v) is 13.7. The summed E-state index contributed by atoms with van der Waals surface area (Å²) in [6.45, 7) is -2.45. The largest absolute Gasteiger partial charge is 0.412 e. The van der Waals surface area contributed by atoms with Crippen molar-refractivity contribution in [1.82, 2.24) is 0 Å². The summed E-state index contributed by atoms with van der Waals surface area (Å²) in [6, 6.07) is 0. The van der Waals surface area contributed by atoms with Gasteiger partial charge in [-0.25, -0.2) is 0 Å². The summed E-state index contributed by atoms with van der Waals surface area (Å²) < 4.78 is 0. The molecule has 4 atom stereocenters. The van der Waals surface area contributed by atoms with Crippen LogP contribution in [-0.4, -0.2) is 103 Å². The number of carbonyl (C=O) groups excluding carboxylic acids is 1. The molecule has 19 heteroatoms. The van der Waals surface area contributed by atoms with Gasteiger partial charge in [0, 0.05) is 0 Å². The van der Waals surface area contributed by atoms with Crippen LogP contribution in [0.3, 0.4) is 0 Å². The first-order chi connectivity index (χ1) is 12.5. The van der Waals surface area contributed by atoms with Crippen LogP contribution in [-0.2, 0) is 19.3 Å². The van der Waals surface area contributed by atoms with Crippen molar-refractivity contribution >= 4 is 6.29 Å². The Labute approximate surface area is 153 Å². The van der Waals surface area contributed by atoms with E-state index in [1.165, 1.54) is 0 Å². The summed E-state index contributed by atoms with van der Waals surface area (Å²) in [4.78, 5) is 50.4. The van der Waals surface area contributed by atoms with Crippen molar-refractivity contribution in [2.24, 2.45) is 0 Å². The minimum absolute atomic E-state index is 0. The van der Waals surface area contributed by atoms with Gasteiger partial charge in [0.2, 0.25) is 0 Å². The molecule has 0 unspecified atom stereocenters. The Morgan fingerprint density at radius 1 is 0.857 bits per heavy atom. The van der Waals surface area contributed by atoms with E-state index in [4.69, 9.17) is 25.5 Å². The van der Waals surface area contributed by atoms with Crippen LogP contribution in [0.1, 0.15) is 0 Å². The van der Waals surface area contributed by atoms with Gasteiger partial charge < -0.3 is 50.3 Å². The molecule has 0 radical (unpaired) electrons. The van der Waals surface area contributed by atoms with Gasteiger partial charge in [-0.05, 0) is 0 Å². The lowest BCUT2D eigenvalue weighted by Gasteiger charge is -2.22. The minimum atomic E-state index is -1.79. The average Bonchev–Trinajstić information content (AvgIpc) is 2.61. The molecular formula is C9H19N3O16. The lowest BCUT2D eigenvalue weighted by atomic mass is 10.0. The first kappa shape index (κ1) is 29.8. The molecule has 7 N–H and O–H groups in total. The second kappa shape index (κ2) is 16.2. The van der Waals surface area contributed by atoms with Crippen LogP contribution >= 0.6 is 0 Å². The highest BCUT2D eigenvalue weighted by molar-refractivity contribution is 5.56. The third-order valence-electron chi connectivity index (χ3n) is 2.39. The lowest BCUT2D eigenvalue weighted by Crippen LogP contribution is -2.46. The molecule has 0 rings (SSSR count). The molecule has 0 bridgehead atoms. The minimum Gasteiger partial charge on any atom is -0.412 e. The van der Waals surface area contributed by atoms with Gasteiger partial charge in [-0.3, -0.25) is 0 Å². The first-order valence-electron chi connectivity index (χ1n) is 6.60. The number of nitrogens with zero attached hydrogens (tertiary/aromatic N) is 3. The molecule has 0 saturated heterocycles. The maximum atomic E-state index is 9.90. The smallest absolute Gasteiger partial charge is 0.294 e. The number of aliphatic hydroxyl groups is 5. The molecule has 0 fully saturated rings. The summed E-state index contributed by atoms with van der Waals surface area (Å²) >= 11 is 0. The topological polar surface area (TPSA) is 307 Å². The lowest BCUT2D eigenvalue weighted by molar-refractivity contribution is -0.803. The van der Waals surface area contributed by atoms with Crippen LogP contribution in [0.2, 0.25) is 0 Å². The van der Waals surface area contributed by atoms with Gasteiger partial charge in [0.25, 0.3) is 15.3 Å². The molecule has 0 aliphatic heterocycles. The van der Waals surface area contributed by atoms with Gasteiger partial charge >= 0.3 is 0 Å². The standard InChI is InChI=1S/C6H12O6.C3H5N3O9.H2O/c7-1-3(9)5(11)6(12)4(10)2-8;7-4(8)13-1-3(15-6(11)12)2-14-5(9)10;/h1,3-6,8-12H,2H2;3H,1-2H2;1H2/t3-,4+,5+,6+;;/m0../s1. The molecule has 0 aliphatic carbocycles. The molecule has 0 saturated carbocycles. The van der Waals surface area contributed by atoms with Gasteiger partial charge in [0.15, 0.2) is 12.4 Å². The Bertz CT molecular complexity index is 458. The second-order valence-corrected chi connectivity index (χ2v) is 4.35. The number of aliphatic hydroxyl groups excluding tert-OH is 5. The molecular weight excluding hydrogens is 406 g/mol. The molecule has 0 aliphatic rings. The molecule has 19 nitrogen and oxygen atoms in total. The van der Waals surface area contributed by atoms with Gasteiger partial charge in [-0.2, -0.15) is 0 Å². The van der Waals surface area contributed by atoms with Gasteiger partial charge in [0.1, 0.15) is 37.6 Å². The Kier molecular flexibility index (Phi) is 17.3. The van der Waals surface area contributed by atoms with Crippen molar-refractivity contribution < 1.29 is 65.6 Å². The molecule has 166 valence electrons. The molecule has 0 spiro atoms. The Morgan fingerprint density at radius 3 is 1.57 bits per heavy atom. The maximum absolute atomic E-state index is 9.90. The number of aldehydes is 1. The third kappa shape index (κ3) is 15.3. The van der Waals surface area contributed by atoms with Crippen molar-refractivity contribution in [3.05, 3.63) is 30.3 Å². The van der Waals surface area contributed by atoms with Crippen molar-refractivity contribution in [3.63, 3.8) is 0 Å². The van der Waals surface area contributed by atoms with Crippen LogP contribution in [0.15, 0.2) is 0 Å². The highest BCUT2D eigenvalue weighted by Crippen LogP contribution is 2.03. The van der Waals surface area contributed by atoms with E-state index in [-0.39, 0.29) is 11.8 Å². The third-order valence-corrected chi connectivity index (χ3v) is 2.39. The van der Waals surface area contributed by atoms with Crippen molar-refractivity contribution in [2.45, 2.75) is 30.5 Å². The van der Waals surface area contributed by atoms with Gasteiger partial charge in [0.05, 0.1) is 6.61 Å². The second-order valence-electron chi connectivity index (χ2n) is 4.35. The number of hydrogen-bond acceptors (Lipinski definition) is 15. The Morgan fingerprint density at radius 2 is 1.29 bits per heavy atom. The normalized spacial score (nSPS) is 14.1. The SMILES string of the molecule is O.O=C[C@H](O)[C@@H](O)[C@H](O)[C@H](O)CO.O=[N+]([O-])OCC(CO[N+](=O)[O-])O[N+](=O)[O-]. The number of carbonyl (C=O) groups is 1. The quantitative estimate of drug-likeness (QED) is 0.104. The Balaban J connectivity index is -0.000000441. The van der Waals surface area contributed by atoms with E-state index in [2.05, 4.69) is 14.5 Å². The van der Waals surface area contributed by atoms with E-state index in [0.29, 0.717) is 0 Å². The summed E-state index contributed by atoms with van der Waals surface area (Å²) in [7, 11) is 0. The highest BCUT2D eigenvalue weighted by Gasteiger charge is 2.29.